The Hall–Kier alpha value is -0.940. The predicted molar refractivity (Wildman–Crippen MR) is 120 cm³/mol. The van der Waals surface area contributed by atoms with Crippen molar-refractivity contribution in [1.29, 1.82) is 0 Å². The maximum absolute atomic E-state index is 13.5. The Kier molecular flexibility index (Phi) is 8.98. The molecule has 1 amide bonds. The molecule has 1 saturated carbocycles. The van der Waals surface area contributed by atoms with Crippen molar-refractivity contribution in [3.05, 3.63) is 34.1 Å². The van der Waals surface area contributed by atoms with Gasteiger partial charge in [0.25, 0.3) is 0 Å². The van der Waals surface area contributed by atoms with Crippen LogP contribution in [-0.4, -0.2) is 36.5 Å². The molecular formula is C24H36BrFN2O. The van der Waals surface area contributed by atoms with Crippen LogP contribution < -0.4 is 5.32 Å². The first-order valence-corrected chi connectivity index (χ1v) is 12.3. The van der Waals surface area contributed by atoms with Crippen LogP contribution in [0.25, 0.3) is 0 Å². The normalized spacial score (nSPS) is 23.8. The highest BCUT2D eigenvalue weighted by Crippen LogP contribution is 2.29. The summed E-state index contributed by atoms with van der Waals surface area (Å²) in [6.07, 6.45) is 11.4. The Balaban J connectivity index is 1.29. The Bertz CT molecular complexity index is 652. The third-order valence-corrected chi connectivity index (χ3v) is 7.62. The number of amides is 1. The Labute approximate surface area is 183 Å². The van der Waals surface area contributed by atoms with Crippen LogP contribution in [-0.2, 0) is 11.2 Å². The van der Waals surface area contributed by atoms with Gasteiger partial charge >= 0.3 is 0 Å². The van der Waals surface area contributed by atoms with E-state index in [4.69, 9.17) is 0 Å². The van der Waals surface area contributed by atoms with Gasteiger partial charge in [0, 0.05) is 16.9 Å². The van der Waals surface area contributed by atoms with Crippen molar-refractivity contribution in [3.63, 3.8) is 0 Å². The van der Waals surface area contributed by atoms with Crippen LogP contribution in [0.2, 0.25) is 0 Å². The summed E-state index contributed by atoms with van der Waals surface area (Å²) in [4.78, 5) is 14.1. The van der Waals surface area contributed by atoms with E-state index in [2.05, 4.69) is 26.1 Å². The van der Waals surface area contributed by atoms with Crippen LogP contribution in [0.1, 0.15) is 70.3 Å². The van der Waals surface area contributed by atoms with Crippen molar-refractivity contribution < 1.29 is 9.18 Å². The summed E-state index contributed by atoms with van der Waals surface area (Å²) in [5, 5.41) is 3.15. The van der Waals surface area contributed by atoms with Crippen LogP contribution in [0.4, 0.5) is 4.39 Å². The number of nitrogens with one attached hydrogen (secondary N) is 1. The number of hydrogen-bond acceptors (Lipinski definition) is 2. The summed E-state index contributed by atoms with van der Waals surface area (Å²) < 4.78 is 14.5. The molecule has 0 bridgehead atoms. The maximum Gasteiger partial charge on any atom is 0.219 e. The largest absolute Gasteiger partial charge is 0.353 e. The number of halogens is 2. The van der Waals surface area contributed by atoms with Gasteiger partial charge < -0.3 is 10.2 Å². The zero-order chi connectivity index (χ0) is 20.6. The van der Waals surface area contributed by atoms with Gasteiger partial charge in [-0.25, -0.2) is 4.39 Å². The summed E-state index contributed by atoms with van der Waals surface area (Å²) in [5.41, 5.74) is 1.11. The minimum absolute atomic E-state index is 0.137. The molecule has 1 heterocycles. The molecule has 3 rings (SSSR count). The fourth-order valence-corrected chi connectivity index (χ4v) is 5.36. The van der Waals surface area contributed by atoms with Crippen molar-refractivity contribution in [1.82, 2.24) is 10.2 Å². The van der Waals surface area contributed by atoms with Crippen LogP contribution in [0.15, 0.2) is 22.7 Å². The van der Waals surface area contributed by atoms with E-state index < -0.39 is 0 Å². The lowest BCUT2D eigenvalue weighted by molar-refractivity contribution is -0.121. The van der Waals surface area contributed by atoms with Crippen LogP contribution in [0, 0.1) is 17.7 Å². The second-order valence-electron chi connectivity index (χ2n) is 9.01. The van der Waals surface area contributed by atoms with E-state index in [1.54, 1.807) is 6.07 Å². The predicted octanol–water partition coefficient (Wildman–Crippen LogP) is 5.71. The average Bonchev–Trinajstić information content (AvgIpc) is 2.73. The average molecular weight is 467 g/mol. The zero-order valence-corrected chi connectivity index (χ0v) is 19.4. The number of nitrogens with zero attached hydrogens (tertiary/aromatic N) is 1. The van der Waals surface area contributed by atoms with Gasteiger partial charge in [0.15, 0.2) is 0 Å². The lowest BCUT2D eigenvalue weighted by Gasteiger charge is -2.33. The molecular weight excluding hydrogens is 431 g/mol. The SMILES string of the molecule is CCC(=O)NC1CCC(CCCN2CCC(Cc3cc(F)ccc3Br)CC2)CC1. The van der Waals surface area contributed by atoms with Gasteiger partial charge in [0.05, 0.1) is 0 Å². The van der Waals surface area contributed by atoms with Crippen LogP contribution >= 0.6 is 15.9 Å². The molecule has 1 aliphatic carbocycles. The van der Waals surface area contributed by atoms with Crippen molar-refractivity contribution in [2.75, 3.05) is 19.6 Å². The number of carbonyl (C=O) groups is 1. The summed E-state index contributed by atoms with van der Waals surface area (Å²) in [6, 6.07) is 5.43. The number of likely N-dealkylation sites (tertiary alicyclic amines) is 1. The lowest BCUT2D eigenvalue weighted by Crippen LogP contribution is -2.37. The molecule has 1 saturated heterocycles. The van der Waals surface area contributed by atoms with Gasteiger partial charge in [-0.15, -0.1) is 0 Å². The fourth-order valence-electron chi connectivity index (χ4n) is 4.95. The summed E-state index contributed by atoms with van der Waals surface area (Å²) in [7, 11) is 0. The standard InChI is InChI=1S/C24H36BrFN2O/c1-2-24(29)27-22-8-5-18(6-9-22)4-3-13-28-14-11-19(12-15-28)16-20-17-21(26)7-10-23(20)25/h7,10,17-19,22H,2-6,8-9,11-16H2,1H3,(H,27,29). The number of carbonyl (C=O) groups excluding carboxylic acids is 1. The van der Waals surface area contributed by atoms with E-state index in [0.717, 1.165) is 35.2 Å². The highest BCUT2D eigenvalue weighted by atomic mass is 79.9. The van der Waals surface area contributed by atoms with Crippen molar-refractivity contribution in [3.8, 4) is 0 Å². The smallest absolute Gasteiger partial charge is 0.219 e. The second-order valence-corrected chi connectivity index (χ2v) is 9.86. The molecule has 3 nitrogen and oxygen atoms in total. The van der Waals surface area contributed by atoms with Gasteiger partial charge in [-0.05, 0) is 113 Å². The number of rotatable bonds is 8. The molecule has 2 fully saturated rings. The Morgan fingerprint density at radius 2 is 1.86 bits per heavy atom. The third-order valence-electron chi connectivity index (χ3n) is 6.84. The molecule has 0 aromatic heterocycles. The number of benzene rings is 1. The first-order valence-electron chi connectivity index (χ1n) is 11.5. The van der Waals surface area contributed by atoms with Gasteiger partial charge in [-0.1, -0.05) is 22.9 Å². The van der Waals surface area contributed by atoms with Gasteiger partial charge in [0.2, 0.25) is 5.91 Å². The van der Waals surface area contributed by atoms with Crippen LogP contribution in [0.3, 0.4) is 0 Å². The van der Waals surface area contributed by atoms with E-state index in [-0.39, 0.29) is 11.7 Å². The molecule has 0 spiro atoms. The van der Waals surface area contributed by atoms with Gasteiger partial charge in [-0.3, -0.25) is 4.79 Å². The molecule has 1 N–H and O–H groups in total. The highest BCUT2D eigenvalue weighted by molar-refractivity contribution is 9.10. The molecule has 1 aromatic rings. The van der Waals surface area contributed by atoms with Gasteiger partial charge in [0.1, 0.15) is 5.82 Å². The molecule has 0 atom stereocenters. The fraction of sp³-hybridized carbons (Fsp3) is 0.708. The Morgan fingerprint density at radius 3 is 2.55 bits per heavy atom. The van der Waals surface area contributed by atoms with Crippen molar-refractivity contribution in [2.45, 2.75) is 77.2 Å². The van der Waals surface area contributed by atoms with E-state index >= 15 is 0 Å². The molecule has 29 heavy (non-hydrogen) atoms. The molecule has 5 heteroatoms. The molecule has 162 valence electrons. The third kappa shape index (κ3) is 7.36. The second kappa shape index (κ2) is 11.5. The molecule has 0 radical (unpaired) electrons. The molecule has 1 aromatic carbocycles. The first-order chi connectivity index (χ1) is 14.0. The maximum atomic E-state index is 13.5. The minimum Gasteiger partial charge on any atom is -0.353 e. The van der Waals surface area contributed by atoms with Crippen molar-refractivity contribution >= 4 is 21.8 Å². The zero-order valence-electron chi connectivity index (χ0n) is 17.8. The topological polar surface area (TPSA) is 32.3 Å². The lowest BCUT2D eigenvalue weighted by atomic mass is 9.83. The minimum atomic E-state index is -0.137. The molecule has 2 aliphatic rings. The summed E-state index contributed by atoms with van der Waals surface area (Å²) in [5.74, 6) is 1.56. The van der Waals surface area contributed by atoms with E-state index in [9.17, 15) is 9.18 Å². The quantitative estimate of drug-likeness (QED) is 0.531. The number of hydrogen-bond donors (Lipinski definition) is 1. The Morgan fingerprint density at radius 1 is 1.14 bits per heavy atom. The monoisotopic (exact) mass is 466 g/mol. The highest BCUT2D eigenvalue weighted by Gasteiger charge is 2.23. The summed E-state index contributed by atoms with van der Waals surface area (Å²) >= 11 is 3.56. The first kappa shape index (κ1) is 22.7. The molecule has 0 unspecified atom stereocenters. The molecule has 1 aliphatic heterocycles. The van der Waals surface area contributed by atoms with Gasteiger partial charge in [-0.2, -0.15) is 0 Å². The number of piperidine rings is 1. The van der Waals surface area contributed by atoms with E-state index in [1.807, 2.05) is 13.0 Å². The summed E-state index contributed by atoms with van der Waals surface area (Å²) in [6.45, 7) is 5.48. The van der Waals surface area contributed by atoms with Crippen molar-refractivity contribution in [2.24, 2.45) is 11.8 Å². The van der Waals surface area contributed by atoms with Crippen LogP contribution in [0.5, 0.6) is 0 Å². The van der Waals surface area contributed by atoms with E-state index in [0.29, 0.717) is 18.4 Å². The van der Waals surface area contributed by atoms with E-state index in [1.165, 1.54) is 64.2 Å².